The molecule has 0 bridgehead atoms. The Balaban J connectivity index is 2.11. The molecule has 0 saturated heterocycles. The van der Waals surface area contributed by atoms with Crippen molar-refractivity contribution in [3.63, 3.8) is 0 Å². The van der Waals surface area contributed by atoms with Crippen LogP contribution in [0, 0.1) is 0 Å². The minimum Gasteiger partial charge on any atom is -0.493 e. The Kier molecular flexibility index (Phi) is 5.95. The molecule has 0 fully saturated rings. The summed E-state index contributed by atoms with van der Waals surface area (Å²) in [6.07, 6.45) is 0. The molecular formula is C17H19Cl2NO2. The number of rotatable bonds is 6. The van der Waals surface area contributed by atoms with Crippen LogP contribution >= 0.6 is 23.2 Å². The van der Waals surface area contributed by atoms with Crippen LogP contribution in [0.3, 0.4) is 0 Å². The summed E-state index contributed by atoms with van der Waals surface area (Å²) in [7, 11) is 3.27. The quantitative estimate of drug-likeness (QED) is 0.814. The van der Waals surface area contributed by atoms with Crippen LogP contribution in [-0.2, 0) is 6.54 Å². The summed E-state index contributed by atoms with van der Waals surface area (Å²) in [5.41, 5.74) is 2.12. The molecule has 1 N–H and O–H groups in total. The molecule has 2 rings (SSSR count). The summed E-state index contributed by atoms with van der Waals surface area (Å²) in [6.45, 7) is 2.73. The largest absolute Gasteiger partial charge is 0.493 e. The molecule has 0 aliphatic carbocycles. The van der Waals surface area contributed by atoms with Gasteiger partial charge in [-0.3, -0.25) is 0 Å². The predicted octanol–water partition coefficient (Wildman–Crippen LogP) is 4.86. The lowest BCUT2D eigenvalue weighted by atomic mass is 10.1. The lowest BCUT2D eigenvalue weighted by Gasteiger charge is -2.17. The minimum absolute atomic E-state index is 0.130. The Hall–Kier alpha value is -1.42. The van der Waals surface area contributed by atoms with Crippen LogP contribution in [0.25, 0.3) is 0 Å². The Morgan fingerprint density at radius 3 is 2.45 bits per heavy atom. The van der Waals surface area contributed by atoms with E-state index in [4.69, 9.17) is 32.7 Å². The molecule has 0 aliphatic rings. The number of nitrogens with one attached hydrogen (secondary N) is 1. The molecule has 0 heterocycles. The Morgan fingerprint density at radius 2 is 1.82 bits per heavy atom. The molecule has 0 amide bonds. The fraction of sp³-hybridized carbons (Fsp3) is 0.294. The minimum atomic E-state index is 0.130. The summed E-state index contributed by atoms with van der Waals surface area (Å²) < 4.78 is 10.7. The highest BCUT2D eigenvalue weighted by atomic mass is 35.5. The first-order valence-electron chi connectivity index (χ1n) is 6.95. The summed E-state index contributed by atoms with van der Waals surface area (Å²) in [5.74, 6) is 1.47. The summed E-state index contributed by atoms with van der Waals surface area (Å²) in [4.78, 5) is 0. The second kappa shape index (κ2) is 7.73. The van der Waals surface area contributed by atoms with E-state index in [-0.39, 0.29) is 6.04 Å². The zero-order chi connectivity index (χ0) is 16.1. The van der Waals surface area contributed by atoms with Crippen molar-refractivity contribution in [3.8, 4) is 11.5 Å². The molecule has 118 valence electrons. The van der Waals surface area contributed by atoms with Crippen LogP contribution in [0.5, 0.6) is 11.5 Å². The number of methoxy groups -OCH3 is 2. The first-order valence-corrected chi connectivity index (χ1v) is 7.70. The number of halogens is 2. The van der Waals surface area contributed by atoms with Gasteiger partial charge in [-0.2, -0.15) is 0 Å². The molecule has 0 unspecified atom stereocenters. The molecule has 0 aromatic heterocycles. The van der Waals surface area contributed by atoms with Gasteiger partial charge in [0.2, 0.25) is 0 Å². The van der Waals surface area contributed by atoms with Crippen molar-refractivity contribution in [1.29, 1.82) is 0 Å². The highest BCUT2D eigenvalue weighted by Crippen LogP contribution is 2.31. The monoisotopic (exact) mass is 339 g/mol. The van der Waals surface area contributed by atoms with Gasteiger partial charge in [0.05, 0.1) is 24.3 Å². The number of hydrogen-bond donors (Lipinski definition) is 1. The highest BCUT2D eigenvalue weighted by Gasteiger charge is 2.12. The van der Waals surface area contributed by atoms with Crippen molar-refractivity contribution in [1.82, 2.24) is 5.32 Å². The highest BCUT2D eigenvalue weighted by molar-refractivity contribution is 6.42. The van der Waals surface area contributed by atoms with Crippen LogP contribution in [0.15, 0.2) is 36.4 Å². The Labute approximate surface area is 141 Å². The third kappa shape index (κ3) is 3.86. The van der Waals surface area contributed by atoms with E-state index in [2.05, 4.69) is 12.2 Å². The van der Waals surface area contributed by atoms with E-state index in [1.807, 2.05) is 36.4 Å². The van der Waals surface area contributed by atoms with Gasteiger partial charge in [-0.25, -0.2) is 0 Å². The smallest absolute Gasteiger partial charge is 0.165 e. The average Bonchev–Trinajstić information content (AvgIpc) is 2.54. The third-order valence-corrected chi connectivity index (χ3v) is 4.27. The zero-order valence-corrected chi connectivity index (χ0v) is 14.3. The second-order valence-corrected chi connectivity index (χ2v) is 5.74. The van der Waals surface area contributed by atoms with Crippen LogP contribution in [-0.4, -0.2) is 14.2 Å². The number of para-hydroxylation sites is 1. The van der Waals surface area contributed by atoms with Gasteiger partial charge in [0.15, 0.2) is 11.5 Å². The molecule has 0 aliphatic heterocycles. The van der Waals surface area contributed by atoms with E-state index >= 15 is 0 Å². The van der Waals surface area contributed by atoms with E-state index in [1.165, 1.54) is 0 Å². The van der Waals surface area contributed by atoms with Gasteiger partial charge in [0, 0.05) is 18.2 Å². The van der Waals surface area contributed by atoms with Crippen molar-refractivity contribution in [2.24, 2.45) is 0 Å². The molecule has 3 nitrogen and oxygen atoms in total. The average molecular weight is 340 g/mol. The second-order valence-electron chi connectivity index (χ2n) is 4.93. The molecule has 0 saturated carbocycles. The molecule has 1 atom stereocenters. The van der Waals surface area contributed by atoms with E-state index in [0.29, 0.717) is 16.6 Å². The fourth-order valence-corrected chi connectivity index (χ4v) is 2.56. The summed E-state index contributed by atoms with van der Waals surface area (Å²) in [5, 5.41) is 4.57. The molecule has 22 heavy (non-hydrogen) atoms. The maximum Gasteiger partial charge on any atom is 0.165 e. The zero-order valence-electron chi connectivity index (χ0n) is 12.8. The molecule has 2 aromatic rings. The molecule has 2 aromatic carbocycles. The van der Waals surface area contributed by atoms with E-state index in [9.17, 15) is 0 Å². The summed E-state index contributed by atoms with van der Waals surface area (Å²) in [6, 6.07) is 11.6. The van der Waals surface area contributed by atoms with Gasteiger partial charge in [-0.05, 0) is 30.7 Å². The van der Waals surface area contributed by atoms with Crippen molar-refractivity contribution in [2.45, 2.75) is 19.5 Å². The van der Waals surface area contributed by atoms with Crippen LogP contribution in [0.1, 0.15) is 24.1 Å². The maximum absolute atomic E-state index is 6.07. The van der Waals surface area contributed by atoms with Crippen molar-refractivity contribution >= 4 is 23.2 Å². The first-order chi connectivity index (χ1) is 10.6. The topological polar surface area (TPSA) is 30.5 Å². The number of benzene rings is 2. The SMILES string of the molecule is COc1cccc(CN[C@H](C)c2ccc(Cl)c(Cl)c2)c1OC. The van der Waals surface area contributed by atoms with E-state index in [0.717, 1.165) is 22.6 Å². The molecule has 5 heteroatoms. The van der Waals surface area contributed by atoms with Gasteiger partial charge in [-0.15, -0.1) is 0 Å². The van der Waals surface area contributed by atoms with E-state index in [1.54, 1.807) is 14.2 Å². The van der Waals surface area contributed by atoms with E-state index < -0.39 is 0 Å². The molecule has 0 radical (unpaired) electrons. The fourth-order valence-electron chi connectivity index (χ4n) is 2.26. The van der Waals surface area contributed by atoms with Crippen LogP contribution in [0.4, 0.5) is 0 Å². The first kappa shape index (κ1) is 16.9. The van der Waals surface area contributed by atoms with Crippen molar-refractivity contribution in [3.05, 3.63) is 57.6 Å². The van der Waals surface area contributed by atoms with Crippen molar-refractivity contribution in [2.75, 3.05) is 14.2 Å². The van der Waals surface area contributed by atoms with Crippen LogP contribution in [0.2, 0.25) is 10.0 Å². The van der Waals surface area contributed by atoms with Gasteiger partial charge in [0.25, 0.3) is 0 Å². The standard InChI is InChI=1S/C17H19Cl2NO2/c1-11(12-7-8-14(18)15(19)9-12)20-10-13-5-4-6-16(21-2)17(13)22-3/h4-9,11,20H,10H2,1-3H3/t11-/m1/s1. The van der Waals surface area contributed by atoms with Gasteiger partial charge >= 0.3 is 0 Å². The lowest BCUT2D eigenvalue weighted by molar-refractivity contribution is 0.350. The molecular weight excluding hydrogens is 321 g/mol. The third-order valence-electron chi connectivity index (χ3n) is 3.53. The maximum atomic E-state index is 6.07. The van der Waals surface area contributed by atoms with Gasteiger partial charge < -0.3 is 14.8 Å². The lowest BCUT2D eigenvalue weighted by Crippen LogP contribution is -2.18. The van der Waals surface area contributed by atoms with Gasteiger partial charge in [-0.1, -0.05) is 41.4 Å². The number of ether oxygens (including phenoxy) is 2. The van der Waals surface area contributed by atoms with Crippen molar-refractivity contribution < 1.29 is 9.47 Å². The normalized spacial score (nSPS) is 12.0. The number of hydrogen-bond acceptors (Lipinski definition) is 3. The Bertz CT molecular complexity index is 647. The predicted molar refractivity (Wildman–Crippen MR) is 91.3 cm³/mol. The Morgan fingerprint density at radius 1 is 1.05 bits per heavy atom. The van der Waals surface area contributed by atoms with Crippen LogP contribution < -0.4 is 14.8 Å². The van der Waals surface area contributed by atoms with Gasteiger partial charge in [0.1, 0.15) is 0 Å². The molecule has 0 spiro atoms. The summed E-state index contributed by atoms with van der Waals surface area (Å²) >= 11 is 12.0.